The molecule has 4 fully saturated rings. The van der Waals surface area contributed by atoms with Crippen LogP contribution in [0.1, 0.15) is 42.5 Å². The summed E-state index contributed by atoms with van der Waals surface area (Å²) < 4.78 is 4.73. The van der Waals surface area contributed by atoms with Crippen molar-refractivity contribution in [1.29, 1.82) is 0 Å². The van der Waals surface area contributed by atoms with Gasteiger partial charge >= 0.3 is 5.97 Å². The van der Waals surface area contributed by atoms with Crippen LogP contribution in [0.25, 0.3) is 0 Å². The average molecular weight is 348 g/mol. The number of esters is 1. The standard InChI is InChI=1S/C19H22ClNO3/c1-24-19(23)12-2-3-15(20)16(9-12)21-18(22)17-13-5-10-4-11(7-13)8-14(17)6-10/h2-3,9-11,13-14,17H,4-8H2,1H3,(H,21,22). The molecule has 4 nitrogen and oxygen atoms in total. The van der Waals surface area contributed by atoms with E-state index in [0.29, 0.717) is 28.1 Å². The number of hydrogen-bond donors (Lipinski definition) is 1. The fraction of sp³-hybridized carbons (Fsp3) is 0.579. The van der Waals surface area contributed by atoms with E-state index in [-0.39, 0.29) is 11.8 Å². The van der Waals surface area contributed by atoms with Crippen LogP contribution < -0.4 is 5.32 Å². The van der Waals surface area contributed by atoms with Gasteiger partial charge in [0.15, 0.2) is 0 Å². The maximum absolute atomic E-state index is 12.9. The van der Waals surface area contributed by atoms with E-state index >= 15 is 0 Å². The van der Waals surface area contributed by atoms with Crippen LogP contribution in [-0.4, -0.2) is 19.0 Å². The van der Waals surface area contributed by atoms with Crippen molar-refractivity contribution < 1.29 is 14.3 Å². The van der Waals surface area contributed by atoms with Gasteiger partial charge < -0.3 is 10.1 Å². The van der Waals surface area contributed by atoms with Crippen molar-refractivity contribution in [3.63, 3.8) is 0 Å². The molecule has 24 heavy (non-hydrogen) atoms. The number of nitrogens with one attached hydrogen (secondary N) is 1. The van der Waals surface area contributed by atoms with Gasteiger partial charge in [-0.1, -0.05) is 11.6 Å². The van der Waals surface area contributed by atoms with Crippen LogP contribution in [0, 0.1) is 29.6 Å². The van der Waals surface area contributed by atoms with Crippen LogP contribution in [0.15, 0.2) is 18.2 Å². The van der Waals surface area contributed by atoms with Crippen LogP contribution in [0.2, 0.25) is 5.02 Å². The van der Waals surface area contributed by atoms with Crippen molar-refractivity contribution in [2.45, 2.75) is 32.1 Å². The second-order valence-electron chi connectivity index (χ2n) is 7.63. The minimum atomic E-state index is -0.434. The van der Waals surface area contributed by atoms with E-state index < -0.39 is 5.97 Å². The molecule has 1 aromatic rings. The van der Waals surface area contributed by atoms with Crippen LogP contribution >= 0.6 is 11.6 Å². The second kappa shape index (κ2) is 6.07. The summed E-state index contributed by atoms with van der Waals surface area (Å²) in [7, 11) is 1.34. The van der Waals surface area contributed by atoms with Gasteiger partial charge in [-0.05, 0) is 74.0 Å². The summed E-state index contributed by atoms with van der Waals surface area (Å²) in [5.74, 6) is 2.43. The van der Waals surface area contributed by atoms with E-state index in [1.165, 1.54) is 39.2 Å². The number of methoxy groups -OCH3 is 1. The quantitative estimate of drug-likeness (QED) is 0.836. The third-order valence-electron chi connectivity index (χ3n) is 6.17. The van der Waals surface area contributed by atoms with Gasteiger partial charge in [-0.2, -0.15) is 0 Å². The molecule has 4 aliphatic rings. The average Bonchev–Trinajstić information content (AvgIpc) is 2.55. The fourth-order valence-corrected chi connectivity index (χ4v) is 5.60. The lowest BCUT2D eigenvalue weighted by Crippen LogP contribution is -2.49. The van der Waals surface area contributed by atoms with Crippen molar-refractivity contribution in [3.8, 4) is 0 Å². The first-order valence-corrected chi connectivity index (χ1v) is 9.11. The molecule has 0 spiro atoms. The van der Waals surface area contributed by atoms with Crippen molar-refractivity contribution in [1.82, 2.24) is 0 Å². The Morgan fingerprint density at radius 3 is 2.29 bits per heavy atom. The van der Waals surface area contributed by atoms with E-state index in [0.717, 1.165) is 11.8 Å². The number of benzene rings is 1. The Balaban J connectivity index is 1.53. The molecule has 0 heterocycles. The Labute approximate surface area is 146 Å². The van der Waals surface area contributed by atoms with Gasteiger partial charge in [0.25, 0.3) is 0 Å². The highest BCUT2D eigenvalue weighted by molar-refractivity contribution is 6.33. The predicted octanol–water partition coefficient (Wildman–Crippen LogP) is 4.14. The molecule has 1 N–H and O–H groups in total. The first-order chi connectivity index (χ1) is 11.5. The normalized spacial score (nSPS) is 33.3. The van der Waals surface area contributed by atoms with Gasteiger partial charge in [-0.3, -0.25) is 4.79 Å². The van der Waals surface area contributed by atoms with Gasteiger partial charge in [0.2, 0.25) is 5.91 Å². The molecule has 0 radical (unpaired) electrons. The first kappa shape index (κ1) is 15.9. The largest absolute Gasteiger partial charge is 0.465 e. The Hall–Kier alpha value is -1.55. The van der Waals surface area contributed by atoms with Crippen molar-refractivity contribution in [2.24, 2.45) is 29.6 Å². The summed E-state index contributed by atoms with van der Waals surface area (Å²) in [6.07, 6.45) is 6.15. The van der Waals surface area contributed by atoms with Crippen molar-refractivity contribution in [2.75, 3.05) is 12.4 Å². The van der Waals surface area contributed by atoms with Gasteiger partial charge in [0.05, 0.1) is 23.4 Å². The molecule has 4 bridgehead atoms. The van der Waals surface area contributed by atoms with Crippen molar-refractivity contribution >= 4 is 29.2 Å². The highest BCUT2D eigenvalue weighted by atomic mass is 35.5. The highest BCUT2D eigenvalue weighted by Gasteiger charge is 2.50. The van der Waals surface area contributed by atoms with E-state index in [1.54, 1.807) is 18.2 Å². The number of anilines is 1. The molecule has 1 amide bonds. The third kappa shape index (κ3) is 2.71. The molecule has 4 aliphatic carbocycles. The summed E-state index contributed by atoms with van der Waals surface area (Å²) >= 11 is 6.21. The Kier molecular flexibility index (Phi) is 4.03. The lowest BCUT2D eigenvalue weighted by molar-refractivity contribution is -0.132. The van der Waals surface area contributed by atoms with E-state index in [2.05, 4.69) is 5.32 Å². The Morgan fingerprint density at radius 1 is 1.08 bits per heavy atom. The van der Waals surface area contributed by atoms with E-state index in [4.69, 9.17) is 16.3 Å². The summed E-state index contributed by atoms with van der Waals surface area (Å²) in [5.41, 5.74) is 0.889. The number of amides is 1. The summed E-state index contributed by atoms with van der Waals surface area (Å²) in [5, 5.41) is 3.42. The van der Waals surface area contributed by atoms with E-state index in [9.17, 15) is 9.59 Å². The van der Waals surface area contributed by atoms with Gasteiger partial charge in [-0.25, -0.2) is 4.79 Å². The van der Waals surface area contributed by atoms with Crippen LogP contribution in [0.3, 0.4) is 0 Å². The lowest BCUT2D eigenvalue weighted by atomic mass is 9.51. The maximum atomic E-state index is 12.9. The zero-order valence-corrected chi connectivity index (χ0v) is 14.5. The van der Waals surface area contributed by atoms with Crippen LogP contribution in [0.5, 0.6) is 0 Å². The molecular weight excluding hydrogens is 326 g/mol. The van der Waals surface area contributed by atoms with Crippen molar-refractivity contribution in [3.05, 3.63) is 28.8 Å². The van der Waals surface area contributed by atoms with Gasteiger partial charge in [0, 0.05) is 5.92 Å². The number of carbonyl (C=O) groups is 2. The number of hydrogen-bond acceptors (Lipinski definition) is 3. The predicted molar refractivity (Wildman–Crippen MR) is 92.0 cm³/mol. The molecule has 5 rings (SSSR count). The van der Waals surface area contributed by atoms with Gasteiger partial charge in [0.1, 0.15) is 0 Å². The Morgan fingerprint density at radius 2 is 1.71 bits per heavy atom. The number of ether oxygens (including phenoxy) is 1. The minimum Gasteiger partial charge on any atom is -0.465 e. The molecule has 0 saturated heterocycles. The molecule has 128 valence electrons. The summed E-state index contributed by atoms with van der Waals surface area (Å²) in [6, 6.07) is 4.83. The maximum Gasteiger partial charge on any atom is 0.337 e. The third-order valence-corrected chi connectivity index (χ3v) is 6.50. The molecule has 0 aromatic heterocycles. The van der Waals surface area contributed by atoms with E-state index in [1.807, 2.05) is 0 Å². The fourth-order valence-electron chi connectivity index (χ4n) is 5.44. The number of halogens is 1. The summed E-state index contributed by atoms with van der Waals surface area (Å²) in [4.78, 5) is 24.6. The zero-order chi connectivity index (χ0) is 16.8. The lowest BCUT2D eigenvalue weighted by Gasteiger charge is -2.53. The molecular formula is C19H22ClNO3. The second-order valence-corrected chi connectivity index (χ2v) is 8.04. The number of rotatable bonds is 3. The molecule has 0 aliphatic heterocycles. The minimum absolute atomic E-state index is 0.0627. The highest BCUT2D eigenvalue weighted by Crippen LogP contribution is 2.56. The monoisotopic (exact) mass is 347 g/mol. The topological polar surface area (TPSA) is 55.4 Å². The van der Waals surface area contributed by atoms with Crippen LogP contribution in [-0.2, 0) is 9.53 Å². The smallest absolute Gasteiger partial charge is 0.337 e. The Bertz CT molecular complexity index is 659. The molecule has 1 aromatic carbocycles. The molecule has 0 atom stereocenters. The summed E-state index contributed by atoms with van der Waals surface area (Å²) in [6.45, 7) is 0. The molecule has 5 heteroatoms. The van der Waals surface area contributed by atoms with Crippen LogP contribution in [0.4, 0.5) is 5.69 Å². The molecule has 0 unspecified atom stereocenters. The number of carbonyl (C=O) groups excluding carboxylic acids is 2. The SMILES string of the molecule is COC(=O)c1ccc(Cl)c(NC(=O)C2C3CC4CC(C3)CC2C4)c1. The first-order valence-electron chi connectivity index (χ1n) is 8.74. The molecule has 4 saturated carbocycles. The zero-order valence-electron chi connectivity index (χ0n) is 13.8. The van der Waals surface area contributed by atoms with Gasteiger partial charge in [-0.15, -0.1) is 0 Å².